The third-order valence-corrected chi connectivity index (χ3v) is 3.85. The van der Waals surface area contributed by atoms with E-state index in [9.17, 15) is 0 Å². The molecule has 1 aromatic carbocycles. The molecule has 0 amide bonds. The summed E-state index contributed by atoms with van der Waals surface area (Å²) in [5.74, 6) is 0.756. The summed E-state index contributed by atoms with van der Waals surface area (Å²) in [5, 5.41) is 1.74. The molecule has 0 saturated heterocycles. The van der Waals surface area contributed by atoms with E-state index < -0.39 is 0 Å². The van der Waals surface area contributed by atoms with Crippen LogP contribution in [-0.4, -0.2) is 14.5 Å². The maximum atomic E-state index is 5.94. The molecule has 0 saturated carbocycles. The summed E-state index contributed by atoms with van der Waals surface area (Å²) in [5.41, 5.74) is 2.88. The van der Waals surface area contributed by atoms with Gasteiger partial charge in [-0.15, -0.1) is 0 Å². The van der Waals surface area contributed by atoms with Gasteiger partial charge in [0.15, 0.2) is 0 Å². The molecule has 2 aromatic heterocycles. The number of aromatic nitrogens is 3. The minimum atomic E-state index is 0.720. The molecule has 0 N–H and O–H groups in total. The SMILES string of the molecule is Cc1nc(-c2ccc(Cl)cc2)c2c(Br)cn(C)c2n1. The first kappa shape index (κ1) is 12.6. The minimum absolute atomic E-state index is 0.720. The van der Waals surface area contributed by atoms with Crippen molar-refractivity contribution in [2.45, 2.75) is 6.92 Å². The summed E-state index contributed by atoms with van der Waals surface area (Å²) in [6.45, 7) is 1.90. The first-order chi connectivity index (χ1) is 9.06. The van der Waals surface area contributed by atoms with E-state index in [-0.39, 0.29) is 0 Å². The van der Waals surface area contributed by atoms with E-state index in [4.69, 9.17) is 11.6 Å². The Balaban J connectivity index is 2.36. The monoisotopic (exact) mass is 335 g/mol. The molecule has 0 aliphatic heterocycles. The quantitative estimate of drug-likeness (QED) is 0.661. The molecule has 5 heteroatoms. The van der Waals surface area contributed by atoms with E-state index in [2.05, 4.69) is 25.9 Å². The van der Waals surface area contributed by atoms with Crippen molar-refractivity contribution in [2.24, 2.45) is 7.05 Å². The highest BCUT2D eigenvalue weighted by Gasteiger charge is 2.14. The lowest BCUT2D eigenvalue weighted by Gasteiger charge is -2.06. The Morgan fingerprint density at radius 2 is 1.84 bits per heavy atom. The van der Waals surface area contributed by atoms with Gasteiger partial charge in [0.2, 0.25) is 0 Å². The first-order valence-corrected chi connectivity index (χ1v) is 6.98. The highest BCUT2D eigenvalue weighted by Crippen LogP contribution is 2.33. The fourth-order valence-electron chi connectivity index (χ4n) is 2.15. The Labute approximate surface area is 124 Å². The Morgan fingerprint density at radius 1 is 1.16 bits per heavy atom. The zero-order chi connectivity index (χ0) is 13.6. The van der Waals surface area contributed by atoms with E-state index in [1.807, 2.05) is 49.0 Å². The van der Waals surface area contributed by atoms with Crippen LogP contribution < -0.4 is 0 Å². The van der Waals surface area contributed by atoms with Gasteiger partial charge in [0.1, 0.15) is 11.5 Å². The minimum Gasteiger partial charge on any atom is -0.334 e. The van der Waals surface area contributed by atoms with E-state index in [1.165, 1.54) is 0 Å². The predicted molar refractivity (Wildman–Crippen MR) is 81.4 cm³/mol. The maximum absolute atomic E-state index is 5.94. The molecule has 2 heterocycles. The van der Waals surface area contributed by atoms with Gasteiger partial charge in [0, 0.05) is 28.3 Å². The van der Waals surface area contributed by atoms with Crippen LogP contribution in [0.3, 0.4) is 0 Å². The van der Waals surface area contributed by atoms with Crippen LogP contribution in [0.4, 0.5) is 0 Å². The Morgan fingerprint density at radius 3 is 2.53 bits per heavy atom. The predicted octanol–water partition coefficient (Wildman–Crippen LogP) is 4.36. The number of benzene rings is 1. The molecule has 96 valence electrons. The van der Waals surface area contributed by atoms with Gasteiger partial charge in [0.25, 0.3) is 0 Å². The van der Waals surface area contributed by atoms with E-state index in [0.29, 0.717) is 0 Å². The Bertz CT molecular complexity index is 762. The average Bonchev–Trinajstić information content (AvgIpc) is 2.65. The highest BCUT2D eigenvalue weighted by molar-refractivity contribution is 9.10. The number of hydrogen-bond acceptors (Lipinski definition) is 2. The fraction of sp³-hybridized carbons (Fsp3) is 0.143. The molecule has 0 unspecified atom stereocenters. The van der Waals surface area contributed by atoms with Crippen molar-refractivity contribution in [3.05, 3.63) is 45.8 Å². The number of nitrogens with zero attached hydrogens (tertiary/aromatic N) is 3. The zero-order valence-corrected chi connectivity index (χ0v) is 12.8. The third kappa shape index (κ3) is 2.15. The van der Waals surface area contributed by atoms with E-state index in [0.717, 1.165) is 37.6 Å². The molecule has 0 aliphatic carbocycles. The van der Waals surface area contributed by atoms with Gasteiger partial charge in [-0.05, 0) is 35.0 Å². The molecule has 0 atom stereocenters. The second-order valence-corrected chi connectivity index (χ2v) is 5.70. The van der Waals surface area contributed by atoms with Crippen LogP contribution in [0.15, 0.2) is 34.9 Å². The van der Waals surface area contributed by atoms with Gasteiger partial charge in [0.05, 0.1) is 11.1 Å². The molecule has 3 nitrogen and oxygen atoms in total. The Kier molecular flexibility index (Phi) is 3.07. The number of aryl methyl sites for hydroxylation is 2. The standard InChI is InChI=1S/C14H11BrClN3/c1-8-17-13(9-3-5-10(16)6-4-9)12-11(15)7-19(2)14(12)18-8/h3-7H,1-2H3. The summed E-state index contributed by atoms with van der Waals surface area (Å²) in [4.78, 5) is 9.07. The molecule has 0 spiro atoms. The van der Waals surface area contributed by atoms with Crippen molar-refractivity contribution < 1.29 is 0 Å². The van der Waals surface area contributed by atoms with Crippen LogP contribution >= 0.6 is 27.5 Å². The molecule has 3 rings (SSSR count). The van der Waals surface area contributed by atoms with E-state index in [1.54, 1.807) is 0 Å². The molecule has 0 aliphatic rings. The van der Waals surface area contributed by atoms with Crippen molar-refractivity contribution in [3.8, 4) is 11.3 Å². The molecule has 0 radical (unpaired) electrons. The Hall–Kier alpha value is -1.39. The smallest absolute Gasteiger partial charge is 0.145 e. The van der Waals surface area contributed by atoms with Crippen LogP contribution in [0.5, 0.6) is 0 Å². The van der Waals surface area contributed by atoms with Gasteiger partial charge < -0.3 is 4.57 Å². The third-order valence-electron chi connectivity index (χ3n) is 3.00. The first-order valence-electron chi connectivity index (χ1n) is 5.81. The molecular formula is C14H11BrClN3. The van der Waals surface area contributed by atoms with Gasteiger partial charge in [-0.25, -0.2) is 9.97 Å². The lowest BCUT2D eigenvalue weighted by molar-refractivity contribution is 0.931. The number of hydrogen-bond donors (Lipinski definition) is 0. The van der Waals surface area contributed by atoms with Gasteiger partial charge in [-0.2, -0.15) is 0 Å². The largest absolute Gasteiger partial charge is 0.334 e. The summed E-state index contributed by atoms with van der Waals surface area (Å²) >= 11 is 9.52. The van der Waals surface area contributed by atoms with Crippen molar-refractivity contribution >= 4 is 38.6 Å². The molecule has 0 fully saturated rings. The van der Waals surface area contributed by atoms with Crippen molar-refractivity contribution in [2.75, 3.05) is 0 Å². The number of fused-ring (bicyclic) bond motifs is 1. The van der Waals surface area contributed by atoms with Crippen molar-refractivity contribution in [3.63, 3.8) is 0 Å². The second-order valence-electron chi connectivity index (χ2n) is 4.41. The fourth-order valence-corrected chi connectivity index (χ4v) is 2.94. The lowest BCUT2D eigenvalue weighted by atomic mass is 10.1. The van der Waals surface area contributed by atoms with Crippen LogP contribution in [0.1, 0.15) is 5.82 Å². The maximum Gasteiger partial charge on any atom is 0.145 e. The molecule has 0 bridgehead atoms. The van der Waals surface area contributed by atoms with Crippen LogP contribution in [-0.2, 0) is 7.05 Å². The summed E-state index contributed by atoms with van der Waals surface area (Å²) in [6.07, 6.45) is 2.00. The number of rotatable bonds is 1. The van der Waals surface area contributed by atoms with Crippen molar-refractivity contribution in [1.82, 2.24) is 14.5 Å². The van der Waals surface area contributed by atoms with Gasteiger partial charge in [-0.1, -0.05) is 23.7 Å². The molecular weight excluding hydrogens is 326 g/mol. The highest BCUT2D eigenvalue weighted by atomic mass is 79.9. The van der Waals surface area contributed by atoms with Crippen LogP contribution in [0.2, 0.25) is 5.02 Å². The van der Waals surface area contributed by atoms with Crippen molar-refractivity contribution in [1.29, 1.82) is 0 Å². The lowest BCUT2D eigenvalue weighted by Crippen LogP contribution is -1.96. The van der Waals surface area contributed by atoms with Crippen LogP contribution in [0.25, 0.3) is 22.3 Å². The normalized spacial score (nSPS) is 11.2. The van der Waals surface area contributed by atoms with Gasteiger partial charge in [-0.3, -0.25) is 0 Å². The molecule has 19 heavy (non-hydrogen) atoms. The second kappa shape index (κ2) is 4.62. The van der Waals surface area contributed by atoms with E-state index >= 15 is 0 Å². The number of halogens is 2. The summed E-state index contributed by atoms with van der Waals surface area (Å²) < 4.78 is 2.99. The average molecular weight is 337 g/mol. The summed E-state index contributed by atoms with van der Waals surface area (Å²) in [6, 6.07) is 7.69. The van der Waals surface area contributed by atoms with Gasteiger partial charge >= 0.3 is 0 Å². The summed E-state index contributed by atoms with van der Waals surface area (Å²) in [7, 11) is 1.98. The topological polar surface area (TPSA) is 30.7 Å². The molecule has 3 aromatic rings. The zero-order valence-electron chi connectivity index (χ0n) is 10.5. The van der Waals surface area contributed by atoms with Crippen LogP contribution in [0, 0.1) is 6.92 Å².